The number of carbonyl (C=O) groups is 1. The molecule has 0 aliphatic rings. The third kappa shape index (κ3) is 5.35. The molecule has 26 heavy (non-hydrogen) atoms. The zero-order valence-corrected chi connectivity index (χ0v) is 15.3. The van der Waals surface area contributed by atoms with Gasteiger partial charge in [-0.05, 0) is 50.2 Å². The lowest BCUT2D eigenvalue weighted by molar-refractivity contribution is -0.139. The first kappa shape index (κ1) is 20.0. The van der Waals surface area contributed by atoms with Gasteiger partial charge in [0.15, 0.2) is 0 Å². The SMILES string of the molecule is CC(C)Oc1ccc(NC(=O)Nc2ccc(Br)cc2F)cc1C(F)(F)F. The van der Waals surface area contributed by atoms with Crippen LogP contribution < -0.4 is 15.4 Å². The molecule has 0 atom stereocenters. The molecular formula is C17H15BrF4N2O2. The number of anilines is 2. The number of rotatable bonds is 4. The van der Waals surface area contributed by atoms with E-state index < -0.39 is 29.7 Å². The van der Waals surface area contributed by atoms with Crippen molar-refractivity contribution < 1.29 is 27.1 Å². The van der Waals surface area contributed by atoms with Gasteiger partial charge in [0, 0.05) is 10.2 Å². The van der Waals surface area contributed by atoms with Crippen LogP contribution in [0.1, 0.15) is 19.4 Å². The van der Waals surface area contributed by atoms with E-state index in [1.807, 2.05) is 0 Å². The van der Waals surface area contributed by atoms with Crippen molar-refractivity contribution in [2.45, 2.75) is 26.1 Å². The molecule has 0 unspecified atom stereocenters. The summed E-state index contributed by atoms with van der Waals surface area (Å²) in [5.74, 6) is -1.02. The van der Waals surface area contributed by atoms with Crippen molar-refractivity contribution in [3.8, 4) is 5.75 Å². The van der Waals surface area contributed by atoms with E-state index in [9.17, 15) is 22.4 Å². The fraction of sp³-hybridized carbons (Fsp3) is 0.235. The van der Waals surface area contributed by atoms with Crippen LogP contribution in [0.2, 0.25) is 0 Å². The Balaban J connectivity index is 2.19. The molecule has 0 aliphatic heterocycles. The second kappa shape index (κ2) is 7.94. The van der Waals surface area contributed by atoms with E-state index in [1.54, 1.807) is 13.8 Å². The highest BCUT2D eigenvalue weighted by atomic mass is 79.9. The fourth-order valence-electron chi connectivity index (χ4n) is 2.06. The molecule has 2 aromatic carbocycles. The molecule has 0 aromatic heterocycles. The van der Waals surface area contributed by atoms with E-state index in [0.717, 1.165) is 18.2 Å². The summed E-state index contributed by atoms with van der Waals surface area (Å²) in [7, 11) is 0. The summed E-state index contributed by atoms with van der Waals surface area (Å²) < 4.78 is 58.9. The maximum atomic E-state index is 13.7. The van der Waals surface area contributed by atoms with Crippen LogP contribution in [0.5, 0.6) is 5.75 Å². The zero-order valence-electron chi connectivity index (χ0n) is 13.7. The predicted octanol–water partition coefficient (Wildman–Crippen LogP) is 6.04. The summed E-state index contributed by atoms with van der Waals surface area (Å²) >= 11 is 3.08. The summed E-state index contributed by atoms with van der Waals surface area (Å²) in [5.41, 5.74) is -1.23. The standard InChI is InChI=1S/C17H15BrF4N2O2/c1-9(2)26-15-6-4-11(8-12(15)17(20,21)22)23-16(25)24-14-5-3-10(18)7-13(14)19/h3-9H,1-2H3,(H2,23,24,25). The molecule has 4 nitrogen and oxygen atoms in total. The smallest absolute Gasteiger partial charge is 0.420 e. The Bertz CT molecular complexity index is 810. The summed E-state index contributed by atoms with van der Waals surface area (Å²) in [6, 6.07) is 6.25. The van der Waals surface area contributed by atoms with Crippen LogP contribution in [0, 0.1) is 5.82 Å². The van der Waals surface area contributed by atoms with Crippen LogP contribution in [-0.4, -0.2) is 12.1 Å². The minimum atomic E-state index is -4.66. The summed E-state index contributed by atoms with van der Waals surface area (Å²) in [5, 5.41) is 4.47. The molecule has 2 amide bonds. The number of amides is 2. The van der Waals surface area contributed by atoms with Crippen molar-refractivity contribution in [1.29, 1.82) is 0 Å². The van der Waals surface area contributed by atoms with E-state index >= 15 is 0 Å². The lowest BCUT2D eigenvalue weighted by atomic mass is 10.1. The number of alkyl halides is 3. The normalized spacial score (nSPS) is 11.4. The van der Waals surface area contributed by atoms with Gasteiger partial charge in [-0.25, -0.2) is 9.18 Å². The molecule has 0 heterocycles. The van der Waals surface area contributed by atoms with Gasteiger partial charge in [0.25, 0.3) is 0 Å². The molecular weight excluding hydrogens is 420 g/mol. The first-order chi connectivity index (χ1) is 12.1. The van der Waals surface area contributed by atoms with Crippen LogP contribution in [-0.2, 0) is 6.18 Å². The monoisotopic (exact) mass is 434 g/mol. The van der Waals surface area contributed by atoms with E-state index in [0.29, 0.717) is 4.47 Å². The van der Waals surface area contributed by atoms with Crippen molar-refractivity contribution in [3.63, 3.8) is 0 Å². The number of benzene rings is 2. The van der Waals surface area contributed by atoms with Gasteiger partial charge < -0.3 is 15.4 Å². The Kier molecular flexibility index (Phi) is 6.12. The number of ether oxygens (including phenoxy) is 1. The van der Waals surface area contributed by atoms with E-state index in [2.05, 4.69) is 26.6 Å². The quantitative estimate of drug-likeness (QED) is 0.576. The maximum Gasteiger partial charge on any atom is 0.420 e. The van der Waals surface area contributed by atoms with Crippen LogP contribution in [0.4, 0.5) is 33.7 Å². The van der Waals surface area contributed by atoms with Crippen molar-refractivity contribution >= 4 is 33.3 Å². The summed E-state index contributed by atoms with van der Waals surface area (Å²) in [4.78, 5) is 11.9. The van der Waals surface area contributed by atoms with Crippen molar-refractivity contribution in [2.75, 3.05) is 10.6 Å². The topological polar surface area (TPSA) is 50.4 Å². The van der Waals surface area contributed by atoms with E-state index in [1.165, 1.54) is 18.2 Å². The molecule has 0 aliphatic carbocycles. The third-order valence-corrected chi connectivity index (χ3v) is 3.58. The van der Waals surface area contributed by atoms with Gasteiger partial charge in [-0.15, -0.1) is 0 Å². The molecule has 9 heteroatoms. The second-order valence-electron chi connectivity index (χ2n) is 5.58. The van der Waals surface area contributed by atoms with Crippen molar-refractivity contribution in [3.05, 3.63) is 52.3 Å². The first-order valence-electron chi connectivity index (χ1n) is 7.47. The summed E-state index contributed by atoms with van der Waals surface area (Å²) in [6.07, 6.45) is -5.10. The Labute approximate surface area is 155 Å². The van der Waals surface area contributed by atoms with Gasteiger partial charge in [0.2, 0.25) is 0 Å². The molecule has 2 N–H and O–H groups in total. The maximum absolute atomic E-state index is 13.7. The molecule has 2 aromatic rings. The Morgan fingerprint density at radius 2 is 1.81 bits per heavy atom. The number of nitrogens with one attached hydrogen (secondary N) is 2. The van der Waals surface area contributed by atoms with Gasteiger partial charge in [0.05, 0.1) is 17.4 Å². The molecule has 0 fully saturated rings. The predicted molar refractivity (Wildman–Crippen MR) is 93.9 cm³/mol. The Hall–Kier alpha value is -2.29. The van der Waals surface area contributed by atoms with Gasteiger partial charge in [-0.1, -0.05) is 15.9 Å². The van der Waals surface area contributed by atoms with Crippen molar-refractivity contribution in [1.82, 2.24) is 0 Å². The Morgan fingerprint density at radius 1 is 1.12 bits per heavy atom. The molecule has 0 spiro atoms. The van der Waals surface area contributed by atoms with Crippen LogP contribution >= 0.6 is 15.9 Å². The highest BCUT2D eigenvalue weighted by Gasteiger charge is 2.35. The van der Waals surface area contributed by atoms with Crippen LogP contribution in [0.15, 0.2) is 40.9 Å². The first-order valence-corrected chi connectivity index (χ1v) is 8.26. The second-order valence-corrected chi connectivity index (χ2v) is 6.49. The van der Waals surface area contributed by atoms with E-state index in [4.69, 9.17) is 4.74 Å². The third-order valence-electron chi connectivity index (χ3n) is 3.08. The number of urea groups is 1. The lowest BCUT2D eigenvalue weighted by Crippen LogP contribution is -2.21. The molecule has 0 saturated heterocycles. The highest BCUT2D eigenvalue weighted by molar-refractivity contribution is 9.10. The summed E-state index contributed by atoms with van der Waals surface area (Å²) in [6.45, 7) is 3.21. The zero-order chi connectivity index (χ0) is 19.5. The lowest BCUT2D eigenvalue weighted by Gasteiger charge is -2.17. The minimum Gasteiger partial charge on any atom is -0.490 e. The van der Waals surface area contributed by atoms with Gasteiger partial charge >= 0.3 is 12.2 Å². The fourth-order valence-corrected chi connectivity index (χ4v) is 2.39. The van der Waals surface area contributed by atoms with Gasteiger partial charge in [-0.2, -0.15) is 13.2 Å². The number of hydrogen-bond acceptors (Lipinski definition) is 2. The van der Waals surface area contributed by atoms with Gasteiger partial charge in [0.1, 0.15) is 11.6 Å². The number of halogens is 5. The average Bonchev–Trinajstić information content (AvgIpc) is 2.50. The highest BCUT2D eigenvalue weighted by Crippen LogP contribution is 2.38. The molecule has 0 saturated carbocycles. The average molecular weight is 435 g/mol. The van der Waals surface area contributed by atoms with Crippen LogP contribution in [0.3, 0.4) is 0 Å². The minimum absolute atomic E-state index is 0.108. The van der Waals surface area contributed by atoms with Crippen molar-refractivity contribution in [2.24, 2.45) is 0 Å². The van der Waals surface area contributed by atoms with Gasteiger partial charge in [-0.3, -0.25) is 0 Å². The molecule has 0 bridgehead atoms. The van der Waals surface area contributed by atoms with E-state index in [-0.39, 0.29) is 17.1 Å². The Morgan fingerprint density at radius 3 is 2.38 bits per heavy atom. The largest absolute Gasteiger partial charge is 0.490 e. The molecule has 2 rings (SSSR count). The number of carbonyl (C=O) groups excluding carboxylic acids is 1. The molecule has 0 radical (unpaired) electrons. The number of hydrogen-bond donors (Lipinski definition) is 2. The molecule has 140 valence electrons. The van der Waals surface area contributed by atoms with Crippen LogP contribution in [0.25, 0.3) is 0 Å².